The van der Waals surface area contributed by atoms with E-state index in [-0.39, 0.29) is 17.9 Å². The van der Waals surface area contributed by atoms with E-state index in [0.717, 1.165) is 39.9 Å². The van der Waals surface area contributed by atoms with Crippen LogP contribution in [0.5, 0.6) is 0 Å². The number of hydrogen-bond acceptors (Lipinski definition) is 5. The molecule has 3 aromatic carbocycles. The van der Waals surface area contributed by atoms with Gasteiger partial charge in [0.25, 0.3) is 0 Å². The van der Waals surface area contributed by atoms with Crippen LogP contribution >= 0.6 is 11.8 Å². The van der Waals surface area contributed by atoms with Crippen LogP contribution in [-0.2, 0) is 18.5 Å². The normalized spacial score (nSPS) is 11.8. The number of aromatic nitrogens is 4. The van der Waals surface area contributed by atoms with Gasteiger partial charge in [-0.25, -0.2) is 9.37 Å². The fourth-order valence-electron chi connectivity index (χ4n) is 4.46. The third kappa shape index (κ3) is 5.35. The minimum atomic E-state index is -4.65. The van der Waals surface area contributed by atoms with Gasteiger partial charge in [-0.2, -0.15) is 13.2 Å². The van der Waals surface area contributed by atoms with Gasteiger partial charge < -0.3 is 4.42 Å². The summed E-state index contributed by atoms with van der Waals surface area (Å²) in [6.07, 6.45) is -3.08. The van der Waals surface area contributed by atoms with Crippen molar-refractivity contribution in [3.63, 3.8) is 0 Å². The molecule has 40 heavy (non-hydrogen) atoms. The molecule has 6 rings (SSSR count). The minimum absolute atomic E-state index is 0.0590. The molecule has 0 aliphatic rings. The molecule has 0 radical (unpaired) electrons. The molecule has 0 saturated heterocycles. The summed E-state index contributed by atoms with van der Waals surface area (Å²) in [7, 11) is 0. The molecule has 0 N–H and O–H groups in total. The lowest BCUT2D eigenvalue weighted by molar-refractivity contribution is -0.137. The van der Waals surface area contributed by atoms with E-state index in [2.05, 4.69) is 10.2 Å². The monoisotopic (exact) mass is 560 g/mol. The second-order valence-corrected chi connectivity index (χ2v) is 9.99. The summed E-state index contributed by atoms with van der Waals surface area (Å²) in [6.45, 7) is 0.284. The van der Waals surface area contributed by atoms with Crippen molar-refractivity contribution in [3.05, 3.63) is 120 Å². The summed E-state index contributed by atoms with van der Waals surface area (Å²) in [6, 6.07) is 25.6. The Kier molecular flexibility index (Phi) is 6.85. The van der Waals surface area contributed by atoms with Crippen LogP contribution in [-0.4, -0.2) is 19.7 Å². The van der Waals surface area contributed by atoms with E-state index in [4.69, 9.17) is 9.40 Å². The van der Waals surface area contributed by atoms with E-state index in [1.165, 1.54) is 11.8 Å². The minimum Gasteiger partial charge on any atom is -0.467 e. The second-order valence-electron chi connectivity index (χ2n) is 9.04. The highest BCUT2D eigenvalue weighted by Crippen LogP contribution is 2.35. The van der Waals surface area contributed by atoms with Crippen molar-refractivity contribution in [2.45, 2.75) is 23.6 Å². The van der Waals surface area contributed by atoms with Crippen molar-refractivity contribution < 1.29 is 22.0 Å². The molecule has 3 aromatic heterocycles. The van der Waals surface area contributed by atoms with Gasteiger partial charge in [-0.15, -0.1) is 10.2 Å². The largest absolute Gasteiger partial charge is 0.467 e. The lowest BCUT2D eigenvalue weighted by Crippen LogP contribution is -2.06. The Morgan fingerprint density at radius 3 is 2.42 bits per heavy atom. The van der Waals surface area contributed by atoms with Gasteiger partial charge in [-0.3, -0.25) is 4.57 Å². The second kappa shape index (κ2) is 10.6. The molecule has 0 aliphatic heterocycles. The lowest BCUT2D eigenvalue weighted by Gasteiger charge is -2.13. The number of para-hydroxylation sites is 1. The predicted molar refractivity (Wildman–Crippen MR) is 145 cm³/mol. The zero-order chi connectivity index (χ0) is 27.7. The van der Waals surface area contributed by atoms with Gasteiger partial charge in [-0.1, -0.05) is 60.3 Å². The van der Waals surface area contributed by atoms with E-state index < -0.39 is 17.6 Å². The number of nitrogens with zero attached hydrogens (tertiary/aromatic N) is 4. The molecule has 0 unspecified atom stereocenters. The van der Waals surface area contributed by atoms with Crippen LogP contribution in [0.2, 0.25) is 0 Å². The van der Waals surface area contributed by atoms with E-state index >= 15 is 0 Å². The maximum atomic E-state index is 14.0. The molecule has 0 amide bonds. The number of alkyl halides is 3. The Labute approximate surface area is 230 Å². The number of hydrogen-bond donors (Lipinski definition) is 0. The van der Waals surface area contributed by atoms with Crippen LogP contribution in [0.25, 0.3) is 33.5 Å². The topological polar surface area (TPSA) is 56.7 Å². The Hall–Kier alpha value is -4.44. The number of rotatable bonds is 7. The van der Waals surface area contributed by atoms with Crippen LogP contribution in [0.15, 0.2) is 107 Å². The first kappa shape index (κ1) is 25.8. The van der Waals surface area contributed by atoms with Crippen LogP contribution in [0.4, 0.5) is 17.6 Å². The highest BCUT2D eigenvalue weighted by atomic mass is 32.2. The summed E-state index contributed by atoms with van der Waals surface area (Å²) in [5.41, 5.74) is 2.42. The number of halogens is 4. The Balaban J connectivity index is 1.44. The van der Waals surface area contributed by atoms with Gasteiger partial charge in [0, 0.05) is 22.3 Å². The number of furan rings is 1. The van der Waals surface area contributed by atoms with Gasteiger partial charge in [-0.05, 0) is 48.0 Å². The Morgan fingerprint density at radius 2 is 1.65 bits per heavy atom. The molecular weight excluding hydrogens is 540 g/mol. The Morgan fingerprint density at radius 1 is 0.850 bits per heavy atom. The fraction of sp³-hybridized carbons (Fsp3) is 0.100. The molecule has 0 bridgehead atoms. The van der Waals surface area contributed by atoms with Crippen molar-refractivity contribution in [2.24, 2.45) is 0 Å². The number of benzene rings is 3. The van der Waals surface area contributed by atoms with Gasteiger partial charge in [0.05, 0.1) is 29.6 Å². The molecule has 200 valence electrons. The van der Waals surface area contributed by atoms with E-state index in [0.29, 0.717) is 22.8 Å². The molecule has 3 heterocycles. The zero-order valence-electron chi connectivity index (χ0n) is 20.8. The highest BCUT2D eigenvalue weighted by molar-refractivity contribution is 7.98. The summed E-state index contributed by atoms with van der Waals surface area (Å²) in [4.78, 5) is 4.85. The summed E-state index contributed by atoms with van der Waals surface area (Å²) >= 11 is 1.17. The fourth-order valence-corrected chi connectivity index (χ4v) is 5.33. The first-order valence-electron chi connectivity index (χ1n) is 12.3. The number of thioether (sulfide) groups is 1. The van der Waals surface area contributed by atoms with Crippen LogP contribution in [0, 0.1) is 5.82 Å². The SMILES string of the molecule is Fc1cc(CSc2nnc(-c3cc(-c4ccccc4)nc4ccccc34)n2Cc2ccco2)cc(C(F)(F)F)c1. The standard InChI is InChI=1S/C30H20F4N4OS/c31-22-14-19(13-21(15-22)30(32,33)34)18-40-29-37-36-28(38(29)17-23-9-6-12-39-23)25-16-27(20-7-2-1-3-8-20)35-26-11-5-4-10-24(25)26/h1-16H,17-18H2. The number of pyridine rings is 1. The average Bonchev–Trinajstić information content (AvgIpc) is 3.61. The smallest absolute Gasteiger partial charge is 0.416 e. The maximum Gasteiger partial charge on any atom is 0.416 e. The van der Waals surface area contributed by atoms with Crippen LogP contribution < -0.4 is 0 Å². The first-order chi connectivity index (χ1) is 19.3. The number of fused-ring (bicyclic) bond motifs is 1. The average molecular weight is 561 g/mol. The maximum absolute atomic E-state index is 14.0. The third-order valence-corrected chi connectivity index (χ3v) is 7.33. The summed E-state index contributed by atoms with van der Waals surface area (Å²) in [5, 5.41) is 10.2. The molecule has 10 heteroatoms. The molecule has 0 aliphatic carbocycles. The van der Waals surface area contributed by atoms with Crippen LogP contribution in [0.1, 0.15) is 16.9 Å². The van der Waals surface area contributed by atoms with E-state index in [9.17, 15) is 17.6 Å². The van der Waals surface area contributed by atoms with Crippen molar-refractivity contribution in [1.82, 2.24) is 19.7 Å². The molecule has 0 saturated carbocycles. The highest BCUT2D eigenvalue weighted by Gasteiger charge is 2.31. The van der Waals surface area contributed by atoms with Crippen LogP contribution in [0.3, 0.4) is 0 Å². The Bertz CT molecular complexity index is 1780. The summed E-state index contributed by atoms with van der Waals surface area (Å²) in [5.74, 6) is 0.308. The van der Waals surface area contributed by atoms with Crippen molar-refractivity contribution >= 4 is 22.7 Å². The lowest BCUT2D eigenvalue weighted by atomic mass is 10.0. The predicted octanol–water partition coefficient (Wildman–Crippen LogP) is 8.25. The molecule has 6 aromatic rings. The van der Waals surface area contributed by atoms with Crippen molar-refractivity contribution in [3.8, 4) is 22.6 Å². The molecule has 0 atom stereocenters. The van der Waals surface area contributed by atoms with Gasteiger partial charge in [0.2, 0.25) is 0 Å². The van der Waals surface area contributed by atoms with E-state index in [1.807, 2.05) is 71.3 Å². The van der Waals surface area contributed by atoms with Crippen molar-refractivity contribution in [2.75, 3.05) is 0 Å². The van der Waals surface area contributed by atoms with Gasteiger partial charge >= 0.3 is 6.18 Å². The molecule has 0 spiro atoms. The molecule has 0 fully saturated rings. The summed E-state index contributed by atoms with van der Waals surface area (Å²) < 4.78 is 61.2. The first-order valence-corrected chi connectivity index (χ1v) is 13.2. The molecular formula is C30H20F4N4OS. The zero-order valence-corrected chi connectivity index (χ0v) is 21.6. The third-order valence-electron chi connectivity index (χ3n) is 6.29. The van der Waals surface area contributed by atoms with Crippen molar-refractivity contribution in [1.29, 1.82) is 0 Å². The van der Waals surface area contributed by atoms with Gasteiger partial charge in [0.1, 0.15) is 11.6 Å². The van der Waals surface area contributed by atoms with E-state index in [1.54, 1.807) is 12.3 Å². The van der Waals surface area contributed by atoms with Gasteiger partial charge in [0.15, 0.2) is 11.0 Å². The molecule has 5 nitrogen and oxygen atoms in total. The quantitative estimate of drug-likeness (QED) is 0.145.